The van der Waals surface area contributed by atoms with Crippen molar-refractivity contribution >= 4 is 34.5 Å². The van der Waals surface area contributed by atoms with Gasteiger partial charge in [-0.2, -0.15) is 0 Å². The fourth-order valence-electron chi connectivity index (χ4n) is 2.28. The SMILES string of the molecule is CCc1ccc(NC(=O)CSc2nc3cccnc3n2C)cc1. The number of pyridine rings is 1. The van der Waals surface area contributed by atoms with Crippen LogP contribution < -0.4 is 5.32 Å². The summed E-state index contributed by atoms with van der Waals surface area (Å²) in [5.41, 5.74) is 3.74. The Morgan fingerprint density at radius 1 is 1.26 bits per heavy atom. The smallest absolute Gasteiger partial charge is 0.234 e. The third-order valence-corrected chi connectivity index (χ3v) is 4.59. The second-order valence-electron chi connectivity index (χ2n) is 5.19. The summed E-state index contributed by atoms with van der Waals surface area (Å²) < 4.78 is 1.91. The number of carbonyl (C=O) groups excluding carboxylic acids is 1. The summed E-state index contributed by atoms with van der Waals surface area (Å²) in [5.74, 6) is 0.270. The number of nitrogens with one attached hydrogen (secondary N) is 1. The Morgan fingerprint density at radius 2 is 2.04 bits per heavy atom. The summed E-state index contributed by atoms with van der Waals surface area (Å²) in [6.45, 7) is 2.11. The standard InChI is InChI=1S/C17H18N4OS/c1-3-12-6-8-13(9-7-12)19-15(22)11-23-17-20-14-5-4-10-18-16(14)21(17)2/h4-10H,3,11H2,1-2H3,(H,19,22). The molecule has 1 N–H and O–H groups in total. The van der Waals surface area contributed by atoms with Gasteiger partial charge in [0.2, 0.25) is 5.91 Å². The highest BCUT2D eigenvalue weighted by molar-refractivity contribution is 7.99. The number of anilines is 1. The molecule has 0 atom stereocenters. The van der Waals surface area contributed by atoms with E-state index in [4.69, 9.17) is 0 Å². The Balaban J connectivity index is 1.62. The van der Waals surface area contributed by atoms with Gasteiger partial charge in [0.05, 0.1) is 5.75 Å². The Hall–Kier alpha value is -2.34. The molecular formula is C17H18N4OS. The quantitative estimate of drug-likeness (QED) is 0.731. The molecule has 3 rings (SSSR count). The molecule has 3 aromatic rings. The van der Waals surface area contributed by atoms with Gasteiger partial charge in [-0.05, 0) is 36.2 Å². The summed E-state index contributed by atoms with van der Waals surface area (Å²) in [6, 6.07) is 11.7. The highest BCUT2D eigenvalue weighted by Crippen LogP contribution is 2.21. The maximum absolute atomic E-state index is 12.1. The van der Waals surface area contributed by atoms with Gasteiger partial charge in [0, 0.05) is 18.9 Å². The molecule has 0 aliphatic heterocycles. The van der Waals surface area contributed by atoms with Crippen LogP contribution >= 0.6 is 11.8 Å². The van der Waals surface area contributed by atoms with Crippen molar-refractivity contribution in [1.82, 2.24) is 14.5 Å². The van der Waals surface area contributed by atoms with E-state index >= 15 is 0 Å². The van der Waals surface area contributed by atoms with Crippen LogP contribution in [-0.2, 0) is 18.3 Å². The molecule has 2 aromatic heterocycles. The van der Waals surface area contributed by atoms with Crippen LogP contribution in [-0.4, -0.2) is 26.2 Å². The van der Waals surface area contributed by atoms with Crippen LogP contribution in [0.4, 0.5) is 5.69 Å². The van der Waals surface area contributed by atoms with E-state index in [9.17, 15) is 4.79 Å². The maximum Gasteiger partial charge on any atom is 0.234 e. The molecule has 0 aliphatic rings. The largest absolute Gasteiger partial charge is 0.325 e. The summed E-state index contributed by atoms with van der Waals surface area (Å²) in [4.78, 5) is 20.9. The lowest BCUT2D eigenvalue weighted by Crippen LogP contribution is -2.14. The average Bonchev–Trinajstić information content (AvgIpc) is 2.90. The van der Waals surface area contributed by atoms with E-state index in [1.54, 1.807) is 6.20 Å². The molecule has 0 spiro atoms. The van der Waals surface area contributed by atoms with Crippen LogP contribution in [0, 0.1) is 0 Å². The molecule has 23 heavy (non-hydrogen) atoms. The van der Waals surface area contributed by atoms with Crippen molar-refractivity contribution in [3.05, 3.63) is 48.2 Å². The molecule has 0 fully saturated rings. The van der Waals surface area contributed by atoms with Gasteiger partial charge in [-0.25, -0.2) is 9.97 Å². The number of amides is 1. The second-order valence-corrected chi connectivity index (χ2v) is 6.13. The van der Waals surface area contributed by atoms with E-state index in [0.717, 1.165) is 28.4 Å². The zero-order valence-corrected chi connectivity index (χ0v) is 13.9. The Morgan fingerprint density at radius 3 is 2.74 bits per heavy atom. The first kappa shape index (κ1) is 15.6. The Kier molecular flexibility index (Phi) is 4.62. The first-order chi connectivity index (χ1) is 11.2. The van der Waals surface area contributed by atoms with Crippen molar-refractivity contribution < 1.29 is 4.79 Å². The zero-order valence-electron chi connectivity index (χ0n) is 13.1. The topological polar surface area (TPSA) is 59.8 Å². The van der Waals surface area contributed by atoms with Crippen molar-refractivity contribution in [3.8, 4) is 0 Å². The number of carbonyl (C=O) groups is 1. The van der Waals surface area contributed by atoms with Crippen molar-refractivity contribution in [3.63, 3.8) is 0 Å². The number of benzene rings is 1. The third-order valence-electron chi connectivity index (χ3n) is 3.57. The predicted octanol–water partition coefficient (Wildman–Crippen LogP) is 3.26. The Labute approximate surface area is 139 Å². The van der Waals surface area contributed by atoms with Crippen molar-refractivity contribution in [2.24, 2.45) is 7.05 Å². The predicted molar refractivity (Wildman–Crippen MR) is 93.7 cm³/mol. The van der Waals surface area contributed by atoms with Gasteiger partial charge in [-0.3, -0.25) is 4.79 Å². The fourth-order valence-corrected chi connectivity index (χ4v) is 3.06. The van der Waals surface area contributed by atoms with Crippen molar-refractivity contribution in [2.45, 2.75) is 18.5 Å². The van der Waals surface area contributed by atoms with Gasteiger partial charge in [0.15, 0.2) is 10.8 Å². The number of hydrogen-bond donors (Lipinski definition) is 1. The van der Waals surface area contributed by atoms with Crippen LogP contribution in [0.25, 0.3) is 11.2 Å². The van der Waals surface area contributed by atoms with Crippen molar-refractivity contribution in [1.29, 1.82) is 0 Å². The molecule has 0 unspecified atom stereocenters. The number of hydrogen-bond acceptors (Lipinski definition) is 4. The third kappa shape index (κ3) is 3.53. The van der Waals surface area contributed by atoms with Gasteiger partial charge in [0.25, 0.3) is 0 Å². The first-order valence-electron chi connectivity index (χ1n) is 7.46. The van der Waals surface area contributed by atoms with Crippen LogP contribution in [0.15, 0.2) is 47.8 Å². The molecule has 0 aliphatic carbocycles. The number of thioether (sulfide) groups is 1. The van der Waals surface area contributed by atoms with Crippen LogP contribution in [0.5, 0.6) is 0 Å². The highest BCUT2D eigenvalue weighted by atomic mass is 32.2. The lowest BCUT2D eigenvalue weighted by atomic mass is 10.1. The Bertz CT molecular complexity index is 826. The van der Waals surface area contributed by atoms with E-state index in [0.29, 0.717) is 5.75 Å². The summed E-state index contributed by atoms with van der Waals surface area (Å²) >= 11 is 1.41. The fraction of sp³-hybridized carbons (Fsp3) is 0.235. The van der Waals surface area contributed by atoms with Crippen molar-refractivity contribution in [2.75, 3.05) is 11.1 Å². The molecule has 6 heteroatoms. The van der Waals surface area contributed by atoms with E-state index in [1.807, 2.05) is 48.0 Å². The number of fused-ring (bicyclic) bond motifs is 1. The molecule has 0 bridgehead atoms. The minimum absolute atomic E-state index is 0.0423. The number of imidazole rings is 1. The molecule has 2 heterocycles. The molecule has 0 saturated carbocycles. The average molecular weight is 326 g/mol. The van der Waals surface area contributed by atoms with E-state index in [-0.39, 0.29) is 5.91 Å². The maximum atomic E-state index is 12.1. The molecule has 1 aromatic carbocycles. The summed E-state index contributed by atoms with van der Waals surface area (Å²) in [7, 11) is 1.91. The van der Waals surface area contributed by atoms with Crippen LogP contribution in [0.3, 0.4) is 0 Å². The highest BCUT2D eigenvalue weighted by Gasteiger charge is 2.11. The van der Waals surface area contributed by atoms with Gasteiger partial charge in [-0.15, -0.1) is 0 Å². The number of rotatable bonds is 5. The number of aryl methyl sites for hydroxylation is 2. The zero-order chi connectivity index (χ0) is 16.2. The first-order valence-corrected chi connectivity index (χ1v) is 8.45. The molecule has 1 amide bonds. The van der Waals surface area contributed by atoms with Gasteiger partial charge in [0.1, 0.15) is 5.52 Å². The minimum Gasteiger partial charge on any atom is -0.325 e. The van der Waals surface area contributed by atoms with Crippen LogP contribution in [0.2, 0.25) is 0 Å². The molecule has 0 radical (unpaired) electrons. The number of nitrogens with zero attached hydrogens (tertiary/aromatic N) is 3. The molecule has 5 nitrogen and oxygen atoms in total. The van der Waals surface area contributed by atoms with Gasteiger partial charge in [-0.1, -0.05) is 30.8 Å². The van der Waals surface area contributed by atoms with E-state index in [1.165, 1.54) is 17.3 Å². The molecular weight excluding hydrogens is 308 g/mol. The van der Waals surface area contributed by atoms with Gasteiger partial charge >= 0.3 is 0 Å². The van der Waals surface area contributed by atoms with E-state index in [2.05, 4.69) is 22.2 Å². The molecule has 0 saturated heterocycles. The summed E-state index contributed by atoms with van der Waals surface area (Å²) in [5, 5.41) is 3.69. The second kappa shape index (κ2) is 6.83. The van der Waals surface area contributed by atoms with Gasteiger partial charge < -0.3 is 9.88 Å². The lowest BCUT2D eigenvalue weighted by molar-refractivity contribution is -0.113. The minimum atomic E-state index is -0.0423. The van der Waals surface area contributed by atoms with E-state index < -0.39 is 0 Å². The summed E-state index contributed by atoms with van der Waals surface area (Å²) in [6.07, 6.45) is 2.73. The normalized spacial score (nSPS) is 10.9. The lowest BCUT2D eigenvalue weighted by Gasteiger charge is -2.06. The number of aromatic nitrogens is 3. The van der Waals surface area contributed by atoms with Crippen LogP contribution in [0.1, 0.15) is 12.5 Å². The monoisotopic (exact) mass is 326 g/mol. The molecule has 118 valence electrons.